The molecule has 0 aromatic heterocycles. The third kappa shape index (κ3) is 6.06. The maximum Gasteiger partial charge on any atom is 0.123 e. The van der Waals surface area contributed by atoms with E-state index < -0.39 is 5.60 Å². The van der Waals surface area contributed by atoms with Gasteiger partial charge >= 0.3 is 0 Å². The first-order chi connectivity index (χ1) is 15.1. The zero-order valence-corrected chi connectivity index (χ0v) is 18.4. The molecule has 4 nitrogen and oxygen atoms in total. The van der Waals surface area contributed by atoms with Crippen molar-refractivity contribution >= 4 is 0 Å². The second-order valence-electron chi connectivity index (χ2n) is 9.06. The number of nitrogens with zero attached hydrogens (tertiary/aromatic N) is 1. The molecule has 1 atom stereocenters. The van der Waals surface area contributed by atoms with Gasteiger partial charge in [-0.3, -0.25) is 0 Å². The molecule has 0 radical (unpaired) electrons. The average molecular weight is 427 g/mol. The number of benzene rings is 2. The predicted octanol–water partition coefficient (Wildman–Crippen LogP) is 4.13. The topological polar surface area (TPSA) is 44.7 Å². The van der Waals surface area contributed by atoms with Gasteiger partial charge in [0.25, 0.3) is 0 Å². The van der Waals surface area contributed by atoms with Gasteiger partial charge in [0.2, 0.25) is 0 Å². The van der Waals surface area contributed by atoms with E-state index in [0.717, 1.165) is 76.1 Å². The van der Waals surface area contributed by atoms with Crippen molar-refractivity contribution in [1.82, 2.24) is 10.2 Å². The SMILES string of the molecule is OC1(C(CN2CCNCC2)c2ccc(OCCc3ccc(F)cc3)cc2)CCCCC1. The summed E-state index contributed by atoms with van der Waals surface area (Å²) in [6.07, 6.45) is 5.97. The Hall–Kier alpha value is -1.95. The summed E-state index contributed by atoms with van der Waals surface area (Å²) in [7, 11) is 0. The van der Waals surface area contributed by atoms with Gasteiger partial charge < -0.3 is 20.1 Å². The van der Waals surface area contributed by atoms with Gasteiger partial charge in [-0.15, -0.1) is 0 Å². The Kier molecular flexibility index (Phi) is 7.59. The molecule has 4 rings (SSSR count). The van der Waals surface area contributed by atoms with E-state index in [1.165, 1.54) is 24.1 Å². The zero-order chi connectivity index (χ0) is 21.5. The molecule has 2 fully saturated rings. The van der Waals surface area contributed by atoms with E-state index in [1.807, 2.05) is 12.1 Å². The van der Waals surface area contributed by atoms with E-state index in [0.29, 0.717) is 6.61 Å². The molecule has 2 aromatic carbocycles. The summed E-state index contributed by atoms with van der Waals surface area (Å²) in [4.78, 5) is 2.49. The van der Waals surface area contributed by atoms with E-state index in [9.17, 15) is 9.50 Å². The number of halogens is 1. The van der Waals surface area contributed by atoms with Gasteiger partial charge in [0.05, 0.1) is 12.2 Å². The highest BCUT2D eigenvalue weighted by atomic mass is 19.1. The third-order valence-corrected chi connectivity index (χ3v) is 6.87. The first-order valence-corrected chi connectivity index (χ1v) is 11.8. The van der Waals surface area contributed by atoms with Gasteiger partial charge in [-0.25, -0.2) is 4.39 Å². The number of hydrogen-bond donors (Lipinski definition) is 2. The highest BCUT2D eigenvalue weighted by Crippen LogP contribution is 2.41. The molecular weight excluding hydrogens is 391 g/mol. The summed E-state index contributed by atoms with van der Waals surface area (Å²) in [5.41, 5.74) is 1.65. The Labute approximate surface area is 185 Å². The molecule has 1 saturated carbocycles. The molecule has 1 aliphatic heterocycles. The lowest BCUT2D eigenvalue weighted by Gasteiger charge is -2.42. The second kappa shape index (κ2) is 10.6. The molecule has 0 amide bonds. The van der Waals surface area contributed by atoms with E-state index in [-0.39, 0.29) is 11.7 Å². The van der Waals surface area contributed by atoms with Crippen molar-refractivity contribution in [2.24, 2.45) is 0 Å². The molecule has 31 heavy (non-hydrogen) atoms. The summed E-state index contributed by atoms with van der Waals surface area (Å²) in [6, 6.07) is 14.9. The van der Waals surface area contributed by atoms with Crippen molar-refractivity contribution in [2.75, 3.05) is 39.3 Å². The smallest absolute Gasteiger partial charge is 0.123 e. The Morgan fingerprint density at radius 1 is 0.968 bits per heavy atom. The highest BCUT2D eigenvalue weighted by Gasteiger charge is 2.39. The number of rotatable bonds is 8. The van der Waals surface area contributed by atoms with Crippen molar-refractivity contribution in [1.29, 1.82) is 0 Å². The largest absolute Gasteiger partial charge is 0.493 e. The monoisotopic (exact) mass is 426 g/mol. The molecule has 1 unspecified atom stereocenters. The fourth-order valence-corrected chi connectivity index (χ4v) is 4.98. The van der Waals surface area contributed by atoms with E-state index in [2.05, 4.69) is 22.3 Å². The normalized spacial score (nSPS) is 20.3. The van der Waals surface area contributed by atoms with E-state index >= 15 is 0 Å². The van der Waals surface area contributed by atoms with Crippen LogP contribution in [0, 0.1) is 5.82 Å². The van der Waals surface area contributed by atoms with Gasteiger partial charge in [0.15, 0.2) is 0 Å². The Balaban J connectivity index is 1.40. The molecular formula is C26H35FN2O2. The summed E-state index contributed by atoms with van der Waals surface area (Å²) in [5.74, 6) is 0.747. The first kappa shape index (κ1) is 22.3. The number of ether oxygens (including phenoxy) is 1. The van der Waals surface area contributed by atoms with Crippen LogP contribution in [0.1, 0.15) is 49.1 Å². The molecule has 1 saturated heterocycles. The Morgan fingerprint density at radius 3 is 2.32 bits per heavy atom. The molecule has 5 heteroatoms. The number of hydrogen-bond acceptors (Lipinski definition) is 4. The van der Waals surface area contributed by atoms with Crippen LogP contribution in [0.5, 0.6) is 5.75 Å². The van der Waals surface area contributed by atoms with Crippen molar-refractivity contribution in [3.8, 4) is 5.75 Å². The maximum atomic E-state index is 13.0. The predicted molar refractivity (Wildman–Crippen MR) is 122 cm³/mol. The summed E-state index contributed by atoms with van der Waals surface area (Å²) < 4.78 is 19.0. The van der Waals surface area contributed by atoms with Crippen LogP contribution in [0.2, 0.25) is 0 Å². The lowest BCUT2D eigenvalue weighted by Crippen LogP contribution is -2.49. The van der Waals surface area contributed by atoms with Gasteiger partial charge in [-0.05, 0) is 48.2 Å². The van der Waals surface area contributed by atoms with Gasteiger partial charge in [-0.2, -0.15) is 0 Å². The van der Waals surface area contributed by atoms with Gasteiger partial charge in [0, 0.05) is 45.1 Å². The van der Waals surface area contributed by atoms with Gasteiger partial charge in [0.1, 0.15) is 11.6 Å². The van der Waals surface area contributed by atoms with Crippen LogP contribution in [0.15, 0.2) is 48.5 Å². The summed E-state index contributed by atoms with van der Waals surface area (Å²) >= 11 is 0. The molecule has 1 heterocycles. The molecule has 0 bridgehead atoms. The minimum absolute atomic E-state index is 0.124. The maximum absolute atomic E-state index is 13.0. The average Bonchev–Trinajstić information content (AvgIpc) is 2.80. The highest BCUT2D eigenvalue weighted by molar-refractivity contribution is 5.32. The van der Waals surface area contributed by atoms with Crippen LogP contribution in [-0.4, -0.2) is 54.9 Å². The molecule has 0 spiro atoms. The standard InChI is InChI=1S/C26H35FN2O2/c27-23-8-4-21(5-9-23)12-19-31-24-10-6-22(7-11-24)25(20-29-17-15-28-16-18-29)26(30)13-2-1-3-14-26/h4-11,25,28,30H,1-3,12-20H2. The van der Waals surface area contributed by atoms with Crippen LogP contribution >= 0.6 is 0 Å². The molecule has 168 valence electrons. The molecule has 2 N–H and O–H groups in total. The first-order valence-electron chi connectivity index (χ1n) is 11.8. The fraction of sp³-hybridized carbons (Fsp3) is 0.538. The lowest BCUT2D eigenvalue weighted by atomic mass is 9.72. The Morgan fingerprint density at radius 2 is 1.65 bits per heavy atom. The van der Waals surface area contributed by atoms with Crippen molar-refractivity contribution in [3.63, 3.8) is 0 Å². The van der Waals surface area contributed by atoms with Crippen molar-refractivity contribution in [3.05, 3.63) is 65.5 Å². The number of aliphatic hydroxyl groups is 1. The van der Waals surface area contributed by atoms with Crippen LogP contribution in [0.3, 0.4) is 0 Å². The van der Waals surface area contributed by atoms with Gasteiger partial charge in [-0.1, -0.05) is 43.5 Å². The summed E-state index contributed by atoms with van der Waals surface area (Å²) in [6.45, 7) is 5.58. The Bertz CT molecular complexity index is 797. The number of piperazine rings is 1. The third-order valence-electron chi connectivity index (χ3n) is 6.87. The van der Waals surface area contributed by atoms with Crippen LogP contribution in [-0.2, 0) is 6.42 Å². The molecule has 2 aliphatic rings. The number of nitrogens with one attached hydrogen (secondary N) is 1. The molecule has 2 aromatic rings. The summed E-state index contributed by atoms with van der Waals surface area (Å²) in [5, 5.41) is 15.0. The zero-order valence-electron chi connectivity index (χ0n) is 18.4. The van der Waals surface area contributed by atoms with Crippen LogP contribution in [0.25, 0.3) is 0 Å². The van der Waals surface area contributed by atoms with Crippen molar-refractivity contribution in [2.45, 2.75) is 50.0 Å². The lowest BCUT2D eigenvalue weighted by molar-refractivity contribution is -0.0316. The second-order valence-corrected chi connectivity index (χ2v) is 9.06. The minimum atomic E-state index is -0.617. The van der Waals surface area contributed by atoms with Crippen molar-refractivity contribution < 1.29 is 14.2 Å². The fourth-order valence-electron chi connectivity index (χ4n) is 4.98. The van der Waals surface area contributed by atoms with E-state index in [1.54, 1.807) is 12.1 Å². The van der Waals surface area contributed by atoms with E-state index in [4.69, 9.17) is 4.74 Å². The van der Waals surface area contributed by atoms with Crippen LogP contribution < -0.4 is 10.1 Å². The van der Waals surface area contributed by atoms with Crippen LogP contribution in [0.4, 0.5) is 4.39 Å². The quantitative estimate of drug-likeness (QED) is 0.666. The minimum Gasteiger partial charge on any atom is -0.493 e. The molecule has 1 aliphatic carbocycles.